The molecular formula is C20H28N4O2. The number of nitrogens with zero attached hydrogens (tertiary/aromatic N) is 3. The minimum Gasteiger partial charge on any atom is -0.361 e. The van der Waals surface area contributed by atoms with Gasteiger partial charge in [-0.1, -0.05) is 36.3 Å². The summed E-state index contributed by atoms with van der Waals surface area (Å²) in [6, 6.07) is 8.34. The predicted octanol–water partition coefficient (Wildman–Crippen LogP) is 2.36. The summed E-state index contributed by atoms with van der Waals surface area (Å²) in [4.78, 5) is 17.4. The SMILES string of the molecule is CCN1CCN(Cc2ccccc2CNC(=O)c2c(C)noc2C)CC1. The van der Waals surface area contributed by atoms with Crippen LogP contribution in [-0.2, 0) is 13.1 Å². The molecule has 0 radical (unpaired) electrons. The van der Waals surface area contributed by atoms with Crippen molar-refractivity contribution in [2.45, 2.75) is 33.9 Å². The van der Waals surface area contributed by atoms with Crippen LogP contribution in [0.15, 0.2) is 28.8 Å². The van der Waals surface area contributed by atoms with Crippen molar-refractivity contribution in [3.05, 3.63) is 52.4 Å². The standard InChI is InChI=1S/C20H28N4O2/c1-4-23-9-11-24(12-10-23)14-18-8-6-5-7-17(18)13-21-20(25)19-15(2)22-26-16(19)3/h5-8H,4,9-14H2,1-3H3,(H,21,25). The summed E-state index contributed by atoms with van der Waals surface area (Å²) in [6.45, 7) is 12.8. The van der Waals surface area contributed by atoms with Crippen LogP contribution in [0.4, 0.5) is 0 Å². The van der Waals surface area contributed by atoms with E-state index in [4.69, 9.17) is 4.52 Å². The Bertz CT molecular complexity index is 729. The van der Waals surface area contributed by atoms with Crippen molar-refractivity contribution in [1.29, 1.82) is 0 Å². The molecule has 0 aliphatic carbocycles. The highest BCUT2D eigenvalue weighted by Gasteiger charge is 2.19. The molecule has 2 aromatic rings. The lowest BCUT2D eigenvalue weighted by Crippen LogP contribution is -2.45. The summed E-state index contributed by atoms with van der Waals surface area (Å²) >= 11 is 0. The first-order chi connectivity index (χ1) is 12.6. The van der Waals surface area contributed by atoms with Crippen LogP contribution >= 0.6 is 0 Å². The first-order valence-corrected chi connectivity index (χ1v) is 9.31. The molecule has 6 heteroatoms. The van der Waals surface area contributed by atoms with E-state index in [-0.39, 0.29) is 5.91 Å². The van der Waals surface area contributed by atoms with Crippen LogP contribution in [0.5, 0.6) is 0 Å². The molecule has 1 aliphatic rings. The third-order valence-electron chi connectivity index (χ3n) is 5.12. The summed E-state index contributed by atoms with van der Waals surface area (Å²) in [5.74, 6) is 0.426. The summed E-state index contributed by atoms with van der Waals surface area (Å²) in [5.41, 5.74) is 3.60. The number of hydrogen-bond acceptors (Lipinski definition) is 5. The Morgan fingerprint density at radius 2 is 1.77 bits per heavy atom. The molecular weight excluding hydrogens is 328 g/mol. The number of likely N-dealkylation sites (N-methyl/N-ethyl adjacent to an activating group) is 1. The lowest BCUT2D eigenvalue weighted by atomic mass is 10.1. The Labute approximate surface area is 155 Å². The number of piperazine rings is 1. The highest BCUT2D eigenvalue weighted by atomic mass is 16.5. The average molecular weight is 356 g/mol. The second-order valence-electron chi connectivity index (χ2n) is 6.86. The Hall–Kier alpha value is -2.18. The number of aromatic nitrogens is 1. The van der Waals surface area contributed by atoms with Crippen LogP contribution in [0.3, 0.4) is 0 Å². The first kappa shape index (κ1) is 18.6. The van der Waals surface area contributed by atoms with Gasteiger partial charge < -0.3 is 14.7 Å². The smallest absolute Gasteiger partial charge is 0.257 e. The largest absolute Gasteiger partial charge is 0.361 e. The number of benzene rings is 1. The quantitative estimate of drug-likeness (QED) is 0.861. The van der Waals surface area contributed by atoms with Gasteiger partial charge >= 0.3 is 0 Å². The van der Waals surface area contributed by atoms with Crippen molar-refractivity contribution < 1.29 is 9.32 Å². The fourth-order valence-electron chi connectivity index (χ4n) is 3.46. The number of hydrogen-bond donors (Lipinski definition) is 1. The van der Waals surface area contributed by atoms with Crippen molar-refractivity contribution in [1.82, 2.24) is 20.3 Å². The van der Waals surface area contributed by atoms with Crippen molar-refractivity contribution in [2.24, 2.45) is 0 Å². The van der Waals surface area contributed by atoms with Crippen LogP contribution in [-0.4, -0.2) is 53.6 Å². The molecule has 1 aromatic heterocycles. The third-order valence-corrected chi connectivity index (χ3v) is 5.12. The monoisotopic (exact) mass is 356 g/mol. The zero-order valence-electron chi connectivity index (χ0n) is 15.9. The molecule has 2 heterocycles. The maximum Gasteiger partial charge on any atom is 0.257 e. The van der Waals surface area contributed by atoms with Crippen molar-refractivity contribution in [2.75, 3.05) is 32.7 Å². The van der Waals surface area contributed by atoms with Gasteiger partial charge in [0.25, 0.3) is 5.91 Å². The second kappa shape index (κ2) is 8.47. The third kappa shape index (κ3) is 4.31. The lowest BCUT2D eigenvalue weighted by Gasteiger charge is -2.34. The number of rotatable bonds is 6. The van der Waals surface area contributed by atoms with E-state index >= 15 is 0 Å². The van der Waals surface area contributed by atoms with E-state index in [0.29, 0.717) is 23.6 Å². The van der Waals surface area contributed by atoms with Crippen LogP contribution in [0, 0.1) is 13.8 Å². The maximum absolute atomic E-state index is 12.5. The van der Waals surface area contributed by atoms with E-state index < -0.39 is 0 Å². The van der Waals surface area contributed by atoms with Gasteiger partial charge in [-0.3, -0.25) is 9.69 Å². The molecule has 1 aliphatic heterocycles. The fraction of sp³-hybridized carbons (Fsp3) is 0.500. The van der Waals surface area contributed by atoms with Gasteiger partial charge in [-0.05, 0) is 31.5 Å². The average Bonchev–Trinajstić information content (AvgIpc) is 3.00. The van der Waals surface area contributed by atoms with Crippen LogP contribution in [0.25, 0.3) is 0 Å². The van der Waals surface area contributed by atoms with Gasteiger partial charge in [-0.15, -0.1) is 0 Å². The van der Waals surface area contributed by atoms with E-state index in [0.717, 1.165) is 44.8 Å². The molecule has 0 spiro atoms. The Kier molecular flexibility index (Phi) is 6.06. The zero-order chi connectivity index (χ0) is 18.5. The lowest BCUT2D eigenvalue weighted by molar-refractivity contribution is 0.0948. The molecule has 1 N–H and O–H groups in total. The molecule has 3 rings (SSSR count). The minimum atomic E-state index is -0.132. The second-order valence-corrected chi connectivity index (χ2v) is 6.86. The number of carbonyl (C=O) groups is 1. The van der Waals surface area contributed by atoms with Gasteiger partial charge in [-0.25, -0.2) is 0 Å². The number of nitrogens with one attached hydrogen (secondary N) is 1. The zero-order valence-corrected chi connectivity index (χ0v) is 15.9. The number of carbonyl (C=O) groups excluding carboxylic acids is 1. The van der Waals surface area contributed by atoms with Crippen LogP contribution in [0.1, 0.15) is 39.9 Å². The molecule has 0 atom stereocenters. The predicted molar refractivity (Wildman–Crippen MR) is 101 cm³/mol. The van der Waals surface area contributed by atoms with Crippen molar-refractivity contribution in [3.63, 3.8) is 0 Å². The van der Waals surface area contributed by atoms with Crippen LogP contribution < -0.4 is 5.32 Å². The molecule has 26 heavy (non-hydrogen) atoms. The Morgan fingerprint density at radius 3 is 2.38 bits per heavy atom. The van der Waals surface area contributed by atoms with Gasteiger partial charge in [0.15, 0.2) is 0 Å². The first-order valence-electron chi connectivity index (χ1n) is 9.31. The highest BCUT2D eigenvalue weighted by molar-refractivity contribution is 5.96. The van der Waals surface area contributed by atoms with E-state index in [1.54, 1.807) is 13.8 Å². The summed E-state index contributed by atoms with van der Waals surface area (Å²) < 4.78 is 5.09. The molecule has 1 fully saturated rings. The van der Waals surface area contributed by atoms with Crippen molar-refractivity contribution in [3.8, 4) is 0 Å². The van der Waals surface area contributed by atoms with E-state index in [9.17, 15) is 4.79 Å². The van der Waals surface area contributed by atoms with Gasteiger partial charge in [0.2, 0.25) is 0 Å². The molecule has 0 bridgehead atoms. The highest BCUT2D eigenvalue weighted by Crippen LogP contribution is 2.15. The minimum absolute atomic E-state index is 0.132. The van der Waals surface area contributed by atoms with Gasteiger partial charge in [0, 0.05) is 39.3 Å². The summed E-state index contributed by atoms with van der Waals surface area (Å²) in [5, 5.41) is 6.86. The summed E-state index contributed by atoms with van der Waals surface area (Å²) in [6.07, 6.45) is 0. The van der Waals surface area contributed by atoms with Gasteiger partial charge in [0.1, 0.15) is 11.3 Å². The maximum atomic E-state index is 12.5. The molecule has 0 saturated carbocycles. The van der Waals surface area contributed by atoms with Gasteiger partial charge in [-0.2, -0.15) is 0 Å². The molecule has 1 aromatic carbocycles. The van der Waals surface area contributed by atoms with E-state index in [1.807, 2.05) is 6.07 Å². The van der Waals surface area contributed by atoms with Crippen molar-refractivity contribution >= 4 is 5.91 Å². The van der Waals surface area contributed by atoms with Crippen LogP contribution in [0.2, 0.25) is 0 Å². The topological polar surface area (TPSA) is 61.6 Å². The van der Waals surface area contributed by atoms with E-state index in [2.05, 4.69) is 45.4 Å². The Balaban J connectivity index is 1.62. The number of aryl methyl sites for hydroxylation is 2. The van der Waals surface area contributed by atoms with Gasteiger partial charge in [0.05, 0.1) is 5.69 Å². The Morgan fingerprint density at radius 1 is 1.12 bits per heavy atom. The summed E-state index contributed by atoms with van der Waals surface area (Å²) in [7, 11) is 0. The molecule has 0 unspecified atom stereocenters. The molecule has 140 valence electrons. The normalized spacial score (nSPS) is 16.0. The molecule has 1 amide bonds. The van der Waals surface area contributed by atoms with E-state index in [1.165, 1.54) is 5.56 Å². The molecule has 6 nitrogen and oxygen atoms in total. The fourth-order valence-corrected chi connectivity index (χ4v) is 3.46. The molecule has 1 saturated heterocycles. The number of amides is 1.